The zero-order valence-electron chi connectivity index (χ0n) is 11.3. The van der Waals surface area contributed by atoms with Crippen molar-refractivity contribution in [1.29, 1.82) is 0 Å². The second-order valence-electron chi connectivity index (χ2n) is 5.12. The van der Waals surface area contributed by atoms with Crippen molar-refractivity contribution in [3.05, 3.63) is 29.3 Å². The Morgan fingerprint density at radius 1 is 1.33 bits per heavy atom. The summed E-state index contributed by atoms with van der Waals surface area (Å²) in [7, 11) is 1.39. The first-order chi connectivity index (χ1) is 9.95. The summed E-state index contributed by atoms with van der Waals surface area (Å²) in [6.45, 7) is 0. The number of imide groups is 1. The molecule has 3 rings (SSSR count). The normalized spacial score (nSPS) is 20.5. The first-order valence-corrected chi connectivity index (χ1v) is 6.50. The summed E-state index contributed by atoms with van der Waals surface area (Å²) in [6.07, 6.45) is 0.214. The summed E-state index contributed by atoms with van der Waals surface area (Å²) in [5.74, 6) is -1.26. The van der Waals surface area contributed by atoms with Crippen LogP contribution in [0.3, 0.4) is 0 Å². The number of nitrogens with one attached hydrogen (secondary N) is 2. The third-order valence-electron chi connectivity index (χ3n) is 3.68. The number of likely N-dealkylation sites (N-methyl/N-ethyl adjacent to an activating group) is 1. The van der Waals surface area contributed by atoms with Crippen LogP contribution < -0.4 is 10.6 Å². The van der Waals surface area contributed by atoms with Crippen molar-refractivity contribution in [2.45, 2.75) is 18.9 Å². The molecule has 0 aromatic heterocycles. The van der Waals surface area contributed by atoms with Gasteiger partial charge in [-0.2, -0.15) is 0 Å². The molecule has 0 bridgehead atoms. The highest BCUT2D eigenvalue weighted by Gasteiger charge is 2.37. The van der Waals surface area contributed by atoms with Crippen molar-refractivity contribution in [2.24, 2.45) is 0 Å². The zero-order valence-corrected chi connectivity index (χ0v) is 11.3. The fraction of sp³-hybridized carbons (Fsp3) is 0.286. The molecule has 4 amide bonds. The van der Waals surface area contributed by atoms with E-state index in [2.05, 4.69) is 10.6 Å². The Hall–Kier alpha value is -2.70. The van der Waals surface area contributed by atoms with E-state index in [1.165, 1.54) is 7.05 Å². The van der Waals surface area contributed by atoms with E-state index >= 15 is 0 Å². The van der Waals surface area contributed by atoms with Crippen LogP contribution in [-0.2, 0) is 20.8 Å². The van der Waals surface area contributed by atoms with E-state index in [1.807, 2.05) is 0 Å². The predicted molar refractivity (Wildman–Crippen MR) is 72.4 cm³/mol. The SMILES string of the molecule is CN1C(=O)CC(NC(=O)c2ccc3c(c2)CC(=O)N3)C1=O. The van der Waals surface area contributed by atoms with Gasteiger partial charge in [0.25, 0.3) is 11.8 Å². The van der Waals surface area contributed by atoms with E-state index in [1.54, 1.807) is 18.2 Å². The van der Waals surface area contributed by atoms with Crippen LogP contribution in [-0.4, -0.2) is 41.6 Å². The smallest absolute Gasteiger partial charge is 0.252 e. The molecule has 0 radical (unpaired) electrons. The molecule has 1 fully saturated rings. The van der Waals surface area contributed by atoms with Crippen LogP contribution in [0.4, 0.5) is 5.69 Å². The molecule has 1 saturated heterocycles. The molecule has 1 unspecified atom stereocenters. The number of fused-ring (bicyclic) bond motifs is 1. The molecule has 21 heavy (non-hydrogen) atoms. The van der Waals surface area contributed by atoms with Gasteiger partial charge in [0, 0.05) is 18.3 Å². The van der Waals surface area contributed by atoms with Crippen molar-refractivity contribution in [2.75, 3.05) is 12.4 Å². The Morgan fingerprint density at radius 2 is 2.10 bits per heavy atom. The topological polar surface area (TPSA) is 95.6 Å². The Kier molecular flexibility index (Phi) is 2.97. The highest BCUT2D eigenvalue weighted by molar-refractivity contribution is 6.08. The van der Waals surface area contributed by atoms with Gasteiger partial charge in [-0.15, -0.1) is 0 Å². The number of hydrogen-bond donors (Lipinski definition) is 2. The van der Waals surface area contributed by atoms with Crippen LogP contribution in [0.2, 0.25) is 0 Å². The monoisotopic (exact) mass is 287 g/mol. The number of nitrogens with zero attached hydrogens (tertiary/aromatic N) is 1. The fourth-order valence-corrected chi connectivity index (χ4v) is 2.48. The lowest BCUT2D eigenvalue weighted by Gasteiger charge is -2.11. The van der Waals surface area contributed by atoms with E-state index < -0.39 is 17.9 Å². The quantitative estimate of drug-likeness (QED) is 0.728. The lowest BCUT2D eigenvalue weighted by Crippen LogP contribution is -2.40. The number of amides is 4. The lowest BCUT2D eigenvalue weighted by molar-refractivity contribution is -0.137. The Labute approximate surface area is 120 Å². The van der Waals surface area contributed by atoms with Gasteiger partial charge in [0.05, 0.1) is 12.8 Å². The molecule has 0 aliphatic carbocycles. The van der Waals surface area contributed by atoms with Gasteiger partial charge < -0.3 is 10.6 Å². The molecule has 2 N–H and O–H groups in total. The number of carbonyl (C=O) groups excluding carboxylic acids is 4. The van der Waals surface area contributed by atoms with Gasteiger partial charge in [-0.25, -0.2) is 0 Å². The molecule has 0 spiro atoms. The lowest BCUT2D eigenvalue weighted by atomic mass is 10.1. The first kappa shape index (κ1) is 13.3. The summed E-state index contributed by atoms with van der Waals surface area (Å²) < 4.78 is 0. The van der Waals surface area contributed by atoms with Gasteiger partial charge in [0.15, 0.2) is 0 Å². The molecule has 7 nitrogen and oxygen atoms in total. The second-order valence-corrected chi connectivity index (χ2v) is 5.12. The maximum atomic E-state index is 12.1. The largest absolute Gasteiger partial charge is 0.340 e. The van der Waals surface area contributed by atoms with Gasteiger partial charge in [0.2, 0.25) is 11.8 Å². The van der Waals surface area contributed by atoms with E-state index in [0.29, 0.717) is 11.3 Å². The molecule has 7 heteroatoms. The van der Waals surface area contributed by atoms with Crippen LogP contribution in [0.25, 0.3) is 0 Å². The average molecular weight is 287 g/mol. The Morgan fingerprint density at radius 3 is 2.76 bits per heavy atom. The molecule has 108 valence electrons. The van der Waals surface area contributed by atoms with Gasteiger partial charge in [-0.05, 0) is 23.8 Å². The van der Waals surface area contributed by atoms with E-state index in [9.17, 15) is 19.2 Å². The zero-order chi connectivity index (χ0) is 15.1. The number of likely N-dealkylation sites (tertiary alicyclic amines) is 1. The Balaban J connectivity index is 1.75. The van der Waals surface area contributed by atoms with Crippen LogP contribution in [0.5, 0.6) is 0 Å². The molecule has 2 aliphatic rings. The standard InChI is InChI=1S/C14H13N3O4/c1-17-12(19)6-10(14(17)21)16-13(20)7-2-3-9-8(4-7)5-11(18)15-9/h2-4,10H,5-6H2,1H3,(H,15,18)(H,16,20). The van der Waals surface area contributed by atoms with Crippen molar-refractivity contribution in [1.82, 2.24) is 10.2 Å². The summed E-state index contributed by atoms with van der Waals surface area (Å²) in [5, 5.41) is 5.23. The average Bonchev–Trinajstić information content (AvgIpc) is 2.93. The van der Waals surface area contributed by atoms with Crippen LogP contribution in [0.15, 0.2) is 18.2 Å². The summed E-state index contributed by atoms with van der Waals surface area (Å²) >= 11 is 0. The minimum absolute atomic E-state index is 0.0218. The Bertz CT molecular complexity index is 683. The van der Waals surface area contributed by atoms with Crippen molar-refractivity contribution < 1.29 is 19.2 Å². The highest BCUT2D eigenvalue weighted by atomic mass is 16.2. The molecular formula is C14H13N3O4. The second kappa shape index (κ2) is 4.69. The molecule has 1 aromatic carbocycles. The summed E-state index contributed by atoms with van der Waals surface area (Å²) in [6, 6.07) is 4.03. The molecule has 2 heterocycles. The third-order valence-corrected chi connectivity index (χ3v) is 3.68. The first-order valence-electron chi connectivity index (χ1n) is 6.50. The van der Waals surface area contributed by atoms with Gasteiger partial charge in [-0.3, -0.25) is 24.1 Å². The maximum absolute atomic E-state index is 12.1. The molecule has 1 atom stereocenters. The number of carbonyl (C=O) groups is 4. The highest BCUT2D eigenvalue weighted by Crippen LogP contribution is 2.24. The van der Waals surface area contributed by atoms with Crippen LogP contribution >= 0.6 is 0 Å². The van der Waals surface area contributed by atoms with Crippen molar-refractivity contribution in [3.63, 3.8) is 0 Å². The van der Waals surface area contributed by atoms with Gasteiger partial charge in [0.1, 0.15) is 6.04 Å². The van der Waals surface area contributed by atoms with Crippen molar-refractivity contribution in [3.8, 4) is 0 Å². The van der Waals surface area contributed by atoms with Crippen LogP contribution in [0, 0.1) is 0 Å². The predicted octanol–water partition coefficient (Wildman–Crippen LogP) is -0.332. The minimum Gasteiger partial charge on any atom is -0.340 e. The number of hydrogen-bond acceptors (Lipinski definition) is 4. The summed E-state index contributed by atoms with van der Waals surface area (Å²) in [5.41, 5.74) is 1.81. The van der Waals surface area contributed by atoms with E-state index in [0.717, 1.165) is 10.5 Å². The molecular weight excluding hydrogens is 274 g/mol. The fourth-order valence-electron chi connectivity index (χ4n) is 2.48. The van der Waals surface area contributed by atoms with E-state index in [-0.39, 0.29) is 24.7 Å². The van der Waals surface area contributed by atoms with Crippen LogP contribution in [0.1, 0.15) is 22.3 Å². The number of benzene rings is 1. The molecule has 1 aromatic rings. The van der Waals surface area contributed by atoms with Gasteiger partial charge in [-0.1, -0.05) is 0 Å². The maximum Gasteiger partial charge on any atom is 0.252 e. The molecule has 0 saturated carbocycles. The summed E-state index contributed by atoms with van der Waals surface area (Å²) in [4.78, 5) is 47.6. The van der Waals surface area contributed by atoms with Gasteiger partial charge >= 0.3 is 0 Å². The number of rotatable bonds is 2. The molecule has 2 aliphatic heterocycles. The minimum atomic E-state index is -0.817. The van der Waals surface area contributed by atoms with Crippen molar-refractivity contribution >= 4 is 29.3 Å². The van der Waals surface area contributed by atoms with E-state index in [4.69, 9.17) is 0 Å². The number of anilines is 1. The third kappa shape index (κ3) is 2.26.